The summed E-state index contributed by atoms with van der Waals surface area (Å²) < 4.78 is 15.7. The van der Waals surface area contributed by atoms with Crippen LogP contribution in [0.1, 0.15) is 6.92 Å². The first-order valence-electron chi connectivity index (χ1n) is 4.96. The van der Waals surface area contributed by atoms with Crippen molar-refractivity contribution in [2.45, 2.75) is 43.9 Å². The van der Waals surface area contributed by atoms with E-state index < -0.39 is 36.9 Å². The van der Waals surface area contributed by atoms with Gasteiger partial charge in [-0.05, 0) is 12.5 Å². The molecular formula is C8H13N3O5. The van der Waals surface area contributed by atoms with Crippen molar-refractivity contribution in [1.29, 1.82) is 0 Å². The van der Waals surface area contributed by atoms with Gasteiger partial charge in [-0.3, -0.25) is 0 Å². The van der Waals surface area contributed by atoms with E-state index in [-0.39, 0.29) is 6.61 Å². The minimum absolute atomic E-state index is 0.225. The highest BCUT2D eigenvalue weighted by molar-refractivity contribution is 4.95. The van der Waals surface area contributed by atoms with E-state index in [9.17, 15) is 10.2 Å². The molecule has 6 atom stereocenters. The van der Waals surface area contributed by atoms with Gasteiger partial charge in [0.1, 0.15) is 18.2 Å². The van der Waals surface area contributed by atoms with Crippen LogP contribution in [0.15, 0.2) is 5.11 Å². The molecule has 2 heterocycles. The van der Waals surface area contributed by atoms with Crippen molar-refractivity contribution in [1.82, 2.24) is 0 Å². The van der Waals surface area contributed by atoms with Gasteiger partial charge in [0.15, 0.2) is 12.6 Å². The van der Waals surface area contributed by atoms with Crippen molar-refractivity contribution in [3.05, 3.63) is 10.4 Å². The van der Waals surface area contributed by atoms with Crippen molar-refractivity contribution in [3.63, 3.8) is 0 Å². The average molecular weight is 231 g/mol. The van der Waals surface area contributed by atoms with E-state index in [1.807, 2.05) is 0 Å². The SMILES string of the molecule is CC1OCC2OC(O)[C@@H](N=[N+]=[N-])[C@@H](O)C2O1. The highest BCUT2D eigenvalue weighted by Gasteiger charge is 2.47. The monoisotopic (exact) mass is 231 g/mol. The molecule has 0 radical (unpaired) electrons. The van der Waals surface area contributed by atoms with Crippen LogP contribution in [0, 0.1) is 0 Å². The standard InChI is InChI=1S/C8H13N3O5/c1-3-14-2-4-7(15-3)6(12)5(10-11-9)8(13)16-4/h3-8,12-13H,2H2,1H3/t3?,4?,5-,6+,7?,8?/m0/s1. The van der Waals surface area contributed by atoms with Gasteiger partial charge in [0.25, 0.3) is 0 Å². The molecule has 0 saturated carbocycles. The molecule has 8 nitrogen and oxygen atoms in total. The summed E-state index contributed by atoms with van der Waals surface area (Å²) >= 11 is 0. The van der Waals surface area contributed by atoms with E-state index in [4.69, 9.17) is 19.7 Å². The van der Waals surface area contributed by atoms with E-state index in [0.717, 1.165) is 0 Å². The van der Waals surface area contributed by atoms with Gasteiger partial charge in [0, 0.05) is 4.91 Å². The number of nitrogens with zero attached hydrogens (tertiary/aromatic N) is 3. The lowest BCUT2D eigenvalue weighted by Crippen LogP contribution is -2.61. The molecule has 2 saturated heterocycles. The number of azide groups is 1. The van der Waals surface area contributed by atoms with Gasteiger partial charge in [-0.25, -0.2) is 0 Å². The van der Waals surface area contributed by atoms with Crippen LogP contribution in [-0.4, -0.2) is 53.8 Å². The lowest BCUT2D eigenvalue weighted by Gasteiger charge is -2.44. The molecular weight excluding hydrogens is 218 g/mol. The fourth-order valence-corrected chi connectivity index (χ4v) is 1.90. The molecule has 2 aliphatic heterocycles. The summed E-state index contributed by atoms with van der Waals surface area (Å²) in [7, 11) is 0. The molecule has 0 bridgehead atoms. The Balaban J connectivity index is 2.14. The fourth-order valence-electron chi connectivity index (χ4n) is 1.90. The molecule has 90 valence electrons. The zero-order valence-corrected chi connectivity index (χ0v) is 8.63. The summed E-state index contributed by atoms with van der Waals surface area (Å²) in [6, 6.07) is -1.06. The smallest absolute Gasteiger partial charge is 0.166 e. The highest BCUT2D eigenvalue weighted by atomic mass is 16.7. The quantitative estimate of drug-likeness (QED) is 0.358. The van der Waals surface area contributed by atoms with Crippen LogP contribution in [0.5, 0.6) is 0 Å². The van der Waals surface area contributed by atoms with E-state index in [1.54, 1.807) is 6.92 Å². The second-order valence-electron chi connectivity index (χ2n) is 3.75. The van der Waals surface area contributed by atoms with Crippen LogP contribution in [0.3, 0.4) is 0 Å². The zero-order chi connectivity index (χ0) is 11.7. The normalized spacial score (nSPS) is 47.9. The molecule has 0 spiro atoms. The molecule has 8 heteroatoms. The molecule has 16 heavy (non-hydrogen) atoms. The topological polar surface area (TPSA) is 117 Å². The van der Waals surface area contributed by atoms with E-state index >= 15 is 0 Å². The minimum atomic E-state index is -1.34. The second kappa shape index (κ2) is 4.54. The highest BCUT2D eigenvalue weighted by Crippen LogP contribution is 2.28. The molecule has 0 aromatic carbocycles. The van der Waals surface area contributed by atoms with Crippen LogP contribution in [0.2, 0.25) is 0 Å². The Labute approximate surface area is 91.3 Å². The Morgan fingerprint density at radius 1 is 1.38 bits per heavy atom. The maximum atomic E-state index is 9.90. The van der Waals surface area contributed by atoms with Crippen LogP contribution in [-0.2, 0) is 14.2 Å². The summed E-state index contributed by atoms with van der Waals surface area (Å²) in [4.78, 5) is 2.56. The molecule has 0 aliphatic carbocycles. The summed E-state index contributed by atoms with van der Waals surface area (Å²) in [5, 5.41) is 22.7. The van der Waals surface area contributed by atoms with E-state index in [2.05, 4.69) is 10.0 Å². The van der Waals surface area contributed by atoms with Crippen LogP contribution in [0.4, 0.5) is 0 Å². The van der Waals surface area contributed by atoms with Crippen molar-refractivity contribution in [3.8, 4) is 0 Å². The van der Waals surface area contributed by atoms with E-state index in [0.29, 0.717) is 0 Å². The molecule has 2 aliphatic rings. The number of rotatable bonds is 1. The van der Waals surface area contributed by atoms with Crippen molar-refractivity contribution in [2.24, 2.45) is 5.11 Å². The number of fused-ring (bicyclic) bond motifs is 1. The minimum Gasteiger partial charge on any atom is -0.390 e. The number of aliphatic hydroxyl groups excluding tert-OH is 2. The number of ether oxygens (including phenoxy) is 3. The average Bonchev–Trinajstić information content (AvgIpc) is 2.26. The van der Waals surface area contributed by atoms with Crippen LogP contribution < -0.4 is 0 Å². The molecule has 2 rings (SSSR count). The number of hydrogen-bond acceptors (Lipinski definition) is 6. The molecule has 0 aromatic heterocycles. The molecule has 2 fully saturated rings. The Hall–Kier alpha value is -0.890. The van der Waals surface area contributed by atoms with Gasteiger partial charge in [-0.2, -0.15) is 0 Å². The second-order valence-corrected chi connectivity index (χ2v) is 3.75. The first kappa shape index (κ1) is 11.6. The van der Waals surface area contributed by atoms with Crippen molar-refractivity contribution < 1.29 is 24.4 Å². The Bertz CT molecular complexity index is 308. The van der Waals surface area contributed by atoms with Gasteiger partial charge in [0.2, 0.25) is 0 Å². The third-order valence-electron chi connectivity index (χ3n) is 2.69. The summed E-state index contributed by atoms with van der Waals surface area (Å²) in [6.45, 7) is 1.92. The van der Waals surface area contributed by atoms with Gasteiger partial charge in [-0.15, -0.1) is 0 Å². The number of aliphatic hydroxyl groups is 2. The lowest BCUT2D eigenvalue weighted by atomic mass is 9.97. The third kappa shape index (κ3) is 1.99. The molecule has 0 amide bonds. The van der Waals surface area contributed by atoms with E-state index in [1.165, 1.54) is 0 Å². The van der Waals surface area contributed by atoms with Gasteiger partial charge < -0.3 is 24.4 Å². The van der Waals surface area contributed by atoms with Gasteiger partial charge in [-0.1, -0.05) is 5.11 Å². The molecule has 4 unspecified atom stereocenters. The first-order chi connectivity index (χ1) is 7.63. The number of hydrogen-bond donors (Lipinski definition) is 2. The Kier molecular flexibility index (Phi) is 3.29. The predicted molar refractivity (Wildman–Crippen MR) is 50.1 cm³/mol. The maximum Gasteiger partial charge on any atom is 0.166 e. The summed E-state index contributed by atoms with van der Waals surface area (Å²) in [6.07, 6.45) is -4.10. The Morgan fingerprint density at radius 2 is 2.12 bits per heavy atom. The maximum absolute atomic E-state index is 9.90. The van der Waals surface area contributed by atoms with Gasteiger partial charge >= 0.3 is 0 Å². The summed E-state index contributed by atoms with van der Waals surface area (Å²) in [5.74, 6) is 0. The molecule has 0 aromatic rings. The summed E-state index contributed by atoms with van der Waals surface area (Å²) in [5.41, 5.74) is 8.32. The molecule has 2 N–H and O–H groups in total. The van der Waals surface area contributed by atoms with Gasteiger partial charge in [0.05, 0.1) is 12.7 Å². The predicted octanol–water partition coefficient (Wildman–Crippen LogP) is -0.495. The van der Waals surface area contributed by atoms with Crippen LogP contribution >= 0.6 is 0 Å². The largest absolute Gasteiger partial charge is 0.390 e. The van der Waals surface area contributed by atoms with Crippen LogP contribution in [0.25, 0.3) is 10.4 Å². The Morgan fingerprint density at radius 3 is 2.81 bits per heavy atom. The lowest BCUT2D eigenvalue weighted by molar-refractivity contribution is -0.328. The van der Waals surface area contributed by atoms with Crippen molar-refractivity contribution >= 4 is 0 Å². The first-order valence-corrected chi connectivity index (χ1v) is 4.96. The van der Waals surface area contributed by atoms with Crippen molar-refractivity contribution in [2.75, 3.05) is 6.61 Å². The fraction of sp³-hybridized carbons (Fsp3) is 1.00. The third-order valence-corrected chi connectivity index (χ3v) is 2.69. The zero-order valence-electron chi connectivity index (χ0n) is 8.63.